The molecule has 1 saturated heterocycles. The second kappa shape index (κ2) is 8.41. The molecule has 0 unspecified atom stereocenters. The fraction of sp³-hybridized carbons (Fsp3) is 0.261. The van der Waals surface area contributed by atoms with E-state index in [1.807, 2.05) is 36.4 Å². The summed E-state index contributed by atoms with van der Waals surface area (Å²) in [5.41, 5.74) is 3.40. The SMILES string of the molecule is O=C(Cc1ccc(N2CCC(O)CC2)cc1)c1cc(-c2ccncc2)c[nH]c1=O. The van der Waals surface area contributed by atoms with Crippen molar-refractivity contribution in [3.63, 3.8) is 0 Å². The molecule has 2 N–H and O–H groups in total. The number of Topliss-reactive ketones (excluding diaryl/α,β-unsaturated/α-hetero) is 1. The van der Waals surface area contributed by atoms with Crippen molar-refractivity contribution in [2.45, 2.75) is 25.4 Å². The number of pyridine rings is 2. The first-order chi connectivity index (χ1) is 14.1. The van der Waals surface area contributed by atoms with Crippen LogP contribution in [-0.4, -0.2) is 40.1 Å². The number of anilines is 1. The van der Waals surface area contributed by atoms with Crippen LogP contribution >= 0.6 is 0 Å². The Kier molecular flexibility index (Phi) is 5.53. The molecular weight excluding hydrogens is 366 g/mol. The maximum atomic E-state index is 12.8. The molecule has 148 valence electrons. The molecule has 1 fully saturated rings. The van der Waals surface area contributed by atoms with E-state index in [2.05, 4.69) is 14.9 Å². The first-order valence-corrected chi connectivity index (χ1v) is 9.78. The standard InChI is InChI=1S/C23H23N3O3/c27-20-7-11-26(12-8-20)19-3-1-16(2-4-19)13-22(28)21-14-18(15-25-23(21)29)17-5-9-24-10-6-17/h1-6,9-10,14-15,20,27H,7-8,11-13H2,(H,25,29). The third kappa shape index (κ3) is 4.43. The molecule has 6 heteroatoms. The highest BCUT2D eigenvalue weighted by Crippen LogP contribution is 2.22. The van der Waals surface area contributed by atoms with Crippen molar-refractivity contribution in [1.82, 2.24) is 9.97 Å². The van der Waals surface area contributed by atoms with Gasteiger partial charge in [-0.3, -0.25) is 14.6 Å². The number of H-pyrrole nitrogens is 1. The van der Waals surface area contributed by atoms with Gasteiger partial charge in [0.25, 0.3) is 5.56 Å². The number of rotatable bonds is 5. The zero-order valence-electron chi connectivity index (χ0n) is 16.0. The summed E-state index contributed by atoms with van der Waals surface area (Å²) in [5.74, 6) is -0.212. The fourth-order valence-electron chi connectivity index (χ4n) is 3.63. The molecule has 0 saturated carbocycles. The van der Waals surface area contributed by atoms with E-state index in [4.69, 9.17) is 0 Å². The van der Waals surface area contributed by atoms with E-state index in [0.29, 0.717) is 0 Å². The molecule has 3 aromatic rings. The number of hydrogen-bond donors (Lipinski definition) is 2. The number of nitrogens with one attached hydrogen (secondary N) is 1. The summed E-state index contributed by atoms with van der Waals surface area (Å²) in [4.78, 5) is 33.9. The lowest BCUT2D eigenvalue weighted by molar-refractivity contribution is 0.0991. The third-order valence-electron chi connectivity index (χ3n) is 5.35. The summed E-state index contributed by atoms with van der Waals surface area (Å²) in [6.45, 7) is 1.66. The minimum absolute atomic E-state index is 0.161. The largest absolute Gasteiger partial charge is 0.393 e. The van der Waals surface area contributed by atoms with Gasteiger partial charge in [-0.05, 0) is 59.9 Å². The van der Waals surface area contributed by atoms with Crippen LogP contribution in [0.4, 0.5) is 5.69 Å². The number of aromatic nitrogens is 2. The Morgan fingerprint density at radius 2 is 1.76 bits per heavy atom. The van der Waals surface area contributed by atoms with Gasteiger partial charge < -0.3 is 15.0 Å². The number of benzene rings is 1. The zero-order chi connectivity index (χ0) is 20.2. The topological polar surface area (TPSA) is 86.3 Å². The van der Waals surface area contributed by atoms with Gasteiger partial charge in [0.05, 0.1) is 11.7 Å². The quantitative estimate of drug-likeness (QED) is 0.656. The Hall–Kier alpha value is -3.25. The average Bonchev–Trinajstić information content (AvgIpc) is 2.76. The lowest BCUT2D eigenvalue weighted by atomic mass is 10.0. The highest BCUT2D eigenvalue weighted by Gasteiger charge is 2.18. The van der Waals surface area contributed by atoms with Crippen LogP contribution in [0.2, 0.25) is 0 Å². The molecule has 6 nitrogen and oxygen atoms in total. The number of aromatic amines is 1. The van der Waals surface area contributed by atoms with E-state index in [1.165, 1.54) is 0 Å². The Bertz CT molecular complexity index is 1040. The maximum absolute atomic E-state index is 12.8. The van der Waals surface area contributed by atoms with E-state index < -0.39 is 0 Å². The van der Waals surface area contributed by atoms with Crippen LogP contribution in [-0.2, 0) is 6.42 Å². The lowest BCUT2D eigenvalue weighted by Gasteiger charge is -2.31. The van der Waals surface area contributed by atoms with Crippen molar-refractivity contribution in [3.05, 3.63) is 82.5 Å². The van der Waals surface area contributed by atoms with Crippen molar-refractivity contribution in [2.75, 3.05) is 18.0 Å². The number of nitrogens with zero attached hydrogens (tertiary/aromatic N) is 2. The first kappa shape index (κ1) is 19.1. The summed E-state index contributed by atoms with van der Waals surface area (Å²) < 4.78 is 0. The number of carbonyl (C=O) groups is 1. The highest BCUT2D eigenvalue weighted by atomic mass is 16.3. The summed E-state index contributed by atoms with van der Waals surface area (Å²) in [6, 6.07) is 13.2. The lowest BCUT2D eigenvalue weighted by Crippen LogP contribution is -2.35. The molecule has 29 heavy (non-hydrogen) atoms. The number of aliphatic hydroxyl groups excluding tert-OH is 1. The minimum Gasteiger partial charge on any atom is -0.393 e. The summed E-state index contributed by atoms with van der Waals surface area (Å²) in [5, 5.41) is 9.64. The van der Waals surface area contributed by atoms with Gasteiger partial charge in [0, 0.05) is 43.8 Å². The molecule has 1 aliphatic heterocycles. The second-order valence-electron chi connectivity index (χ2n) is 7.35. The van der Waals surface area contributed by atoms with E-state index >= 15 is 0 Å². The molecule has 4 rings (SSSR count). The fourth-order valence-corrected chi connectivity index (χ4v) is 3.63. The molecule has 2 aromatic heterocycles. The van der Waals surface area contributed by atoms with Crippen molar-refractivity contribution in [3.8, 4) is 11.1 Å². The van der Waals surface area contributed by atoms with E-state index in [1.54, 1.807) is 24.7 Å². The summed E-state index contributed by atoms with van der Waals surface area (Å²) in [6.07, 6.45) is 6.47. The van der Waals surface area contributed by atoms with Gasteiger partial charge in [-0.1, -0.05) is 12.1 Å². The number of ketones is 1. The predicted molar refractivity (Wildman–Crippen MR) is 112 cm³/mol. The number of aliphatic hydroxyl groups is 1. The Balaban J connectivity index is 1.49. The van der Waals surface area contributed by atoms with Crippen LogP contribution < -0.4 is 10.5 Å². The molecule has 3 heterocycles. The molecule has 0 spiro atoms. The van der Waals surface area contributed by atoms with Crippen molar-refractivity contribution in [2.24, 2.45) is 0 Å². The van der Waals surface area contributed by atoms with Gasteiger partial charge >= 0.3 is 0 Å². The minimum atomic E-state index is -0.378. The molecule has 0 amide bonds. The van der Waals surface area contributed by atoms with Gasteiger partial charge in [-0.25, -0.2) is 0 Å². The smallest absolute Gasteiger partial charge is 0.258 e. The van der Waals surface area contributed by atoms with E-state index in [9.17, 15) is 14.7 Å². The molecule has 0 bridgehead atoms. The number of carbonyl (C=O) groups excluding carboxylic acids is 1. The van der Waals surface area contributed by atoms with Gasteiger partial charge in [0.15, 0.2) is 5.78 Å². The van der Waals surface area contributed by atoms with E-state index in [-0.39, 0.29) is 29.4 Å². The van der Waals surface area contributed by atoms with Crippen LogP contribution in [0.1, 0.15) is 28.8 Å². The third-order valence-corrected chi connectivity index (χ3v) is 5.35. The Labute approximate surface area is 168 Å². The maximum Gasteiger partial charge on any atom is 0.258 e. The first-order valence-electron chi connectivity index (χ1n) is 9.78. The molecule has 1 aromatic carbocycles. The number of hydrogen-bond acceptors (Lipinski definition) is 5. The van der Waals surface area contributed by atoms with Crippen LogP contribution in [0, 0.1) is 0 Å². The summed E-state index contributed by atoms with van der Waals surface area (Å²) in [7, 11) is 0. The zero-order valence-corrected chi connectivity index (χ0v) is 16.0. The second-order valence-corrected chi connectivity index (χ2v) is 7.35. The molecule has 0 atom stereocenters. The monoisotopic (exact) mass is 389 g/mol. The molecule has 1 aliphatic rings. The van der Waals surface area contributed by atoms with Gasteiger partial charge in [-0.2, -0.15) is 0 Å². The summed E-state index contributed by atoms with van der Waals surface area (Å²) >= 11 is 0. The highest BCUT2D eigenvalue weighted by molar-refractivity contribution is 5.98. The van der Waals surface area contributed by atoms with Gasteiger partial charge in [0.2, 0.25) is 0 Å². The predicted octanol–water partition coefficient (Wildman–Crippen LogP) is 2.82. The normalized spacial score (nSPS) is 14.7. The van der Waals surface area contributed by atoms with Crippen LogP contribution in [0.15, 0.2) is 65.8 Å². The van der Waals surface area contributed by atoms with Gasteiger partial charge in [-0.15, -0.1) is 0 Å². The molecule has 0 radical (unpaired) electrons. The number of piperidine rings is 1. The van der Waals surface area contributed by atoms with Crippen molar-refractivity contribution in [1.29, 1.82) is 0 Å². The Morgan fingerprint density at radius 3 is 2.45 bits per heavy atom. The van der Waals surface area contributed by atoms with Crippen LogP contribution in [0.3, 0.4) is 0 Å². The molecule has 0 aliphatic carbocycles. The van der Waals surface area contributed by atoms with Crippen molar-refractivity contribution < 1.29 is 9.90 Å². The Morgan fingerprint density at radius 1 is 1.07 bits per heavy atom. The van der Waals surface area contributed by atoms with Crippen LogP contribution in [0.25, 0.3) is 11.1 Å². The average molecular weight is 389 g/mol. The van der Waals surface area contributed by atoms with Crippen LogP contribution in [0.5, 0.6) is 0 Å². The van der Waals surface area contributed by atoms with Gasteiger partial charge in [0.1, 0.15) is 0 Å². The molecular formula is C23H23N3O3. The van der Waals surface area contributed by atoms with Crippen molar-refractivity contribution >= 4 is 11.5 Å². The van der Waals surface area contributed by atoms with E-state index in [0.717, 1.165) is 48.3 Å².